The number of hydrogen-bond donors (Lipinski definition) is 1. The number of nitrogens with zero attached hydrogens (tertiary/aromatic N) is 2. The van der Waals surface area contributed by atoms with Gasteiger partial charge in [-0.1, -0.05) is 0 Å². The molecule has 1 fully saturated rings. The highest BCUT2D eigenvalue weighted by atomic mass is 79.9. The third kappa shape index (κ3) is 3.14. The Bertz CT molecular complexity index is 414. The monoisotopic (exact) mass is 333 g/mol. The maximum absolute atomic E-state index is 5.71. The smallest absolute Gasteiger partial charge is 0.160 e. The molecule has 1 saturated heterocycles. The van der Waals surface area contributed by atoms with Crippen molar-refractivity contribution in [3.8, 4) is 0 Å². The van der Waals surface area contributed by atoms with Gasteiger partial charge in [-0.05, 0) is 15.9 Å². The molecule has 0 bridgehead atoms. The Morgan fingerprint density at radius 3 is 3.00 bits per heavy atom. The second-order valence-corrected chi connectivity index (χ2v) is 5.75. The van der Waals surface area contributed by atoms with Crippen LogP contribution in [0.25, 0.3) is 0 Å². The number of rotatable bonds is 4. The quantitative estimate of drug-likeness (QED) is 0.911. The molecule has 1 aliphatic heterocycles. The highest BCUT2D eigenvalue weighted by molar-refractivity contribution is 9.10. The predicted octanol–water partition coefficient (Wildman–Crippen LogP) is 2.23. The van der Waals surface area contributed by atoms with Crippen LogP contribution in [-0.2, 0) is 16.1 Å². The van der Waals surface area contributed by atoms with Gasteiger partial charge in [0.2, 0.25) is 0 Å². The number of hydrogen-bond acceptors (Lipinski definition) is 6. The summed E-state index contributed by atoms with van der Waals surface area (Å²) in [5.41, 5.74) is 0.839. The third-order valence-electron chi connectivity index (χ3n) is 2.56. The fraction of sp³-hybridized carbons (Fsp3) is 0.636. The van der Waals surface area contributed by atoms with Crippen molar-refractivity contribution < 1.29 is 9.47 Å². The van der Waals surface area contributed by atoms with Gasteiger partial charge in [0.25, 0.3) is 0 Å². The molecule has 0 amide bonds. The first kappa shape index (κ1) is 14.0. The number of aromatic nitrogens is 2. The molecule has 1 aromatic rings. The molecule has 1 atom stereocenters. The summed E-state index contributed by atoms with van der Waals surface area (Å²) in [7, 11) is 3.49. The number of methoxy groups -OCH3 is 1. The van der Waals surface area contributed by atoms with E-state index in [0.29, 0.717) is 6.61 Å². The van der Waals surface area contributed by atoms with Crippen molar-refractivity contribution in [1.82, 2.24) is 9.97 Å². The van der Waals surface area contributed by atoms with Crippen molar-refractivity contribution in [3.05, 3.63) is 16.0 Å². The lowest BCUT2D eigenvalue weighted by atomic mass is 10.3. The number of anilines is 1. The molecule has 0 aromatic carbocycles. The van der Waals surface area contributed by atoms with Crippen LogP contribution in [0.15, 0.2) is 4.47 Å². The van der Waals surface area contributed by atoms with E-state index in [2.05, 4.69) is 31.2 Å². The highest BCUT2D eigenvalue weighted by Gasteiger charge is 2.22. The first-order valence-electron chi connectivity index (χ1n) is 5.68. The maximum atomic E-state index is 5.71. The van der Waals surface area contributed by atoms with Gasteiger partial charge in [-0.2, -0.15) is 11.8 Å². The standard InChI is InChI=1S/C11H16BrN3O2S/c1-13-11-9(12)7(5-16-2)14-10(15-11)8-6-18-4-3-17-8/h8H,3-6H2,1-2H3,(H,13,14,15). The lowest BCUT2D eigenvalue weighted by Gasteiger charge is -2.22. The zero-order valence-electron chi connectivity index (χ0n) is 10.4. The van der Waals surface area contributed by atoms with Gasteiger partial charge in [0.05, 0.1) is 23.4 Å². The van der Waals surface area contributed by atoms with E-state index in [1.165, 1.54) is 0 Å². The fourth-order valence-electron chi connectivity index (χ4n) is 1.69. The van der Waals surface area contributed by atoms with Crippen molar-refractivity contribution in [2.45, 2.75) is 12.7 Å². The van der Waals surface area contributed by atoms with Crippen LogP contribution >= 0.6 is 27.7 Å². The van der Waals surface area contributed by atoms with E-state index < -0.39 is 0 Å². The average molecular weight is 334 g/mol. The molecule has 0 spiro atoms. The van der Waals surface area contributed by atoms with Crippen LogP contribution in [0.3, 0.4) is 0 Å². The highest BCUT2D eigenvalue weighted by Crippen LogP contribution is 2.29. The first-order chi connectivity index (χ1) is 8.76. The molecule has 0 radical (unpaired) electrons. The summed E-state index contributed by atoms with van der Waals surface area (Å²) in [4.78, 5) is 9.03. The van der Waals surface area contributed by atoms with E-state index in [1.54, 1.807) is 7.11 Å². The SMILES string of the molecule is CNc1nc(C2CSCCO2)nc(COC)c1Br. The van der Waals surface area contributed by atoms with Gasteiger partial charge in [0, 0.05) is 25.7 Å². The van der Waals surface area contributed by atoms with E-state index >= 15 is 0 Å². The van der Waals surface area contributed by atoms with Crippen molar-refractivity contribution >= 4 is 33.5 Å². The van der Waals surface area contributed by atoms with Crippen LogP contribution in [0.1, 0.15) is 17.6 Å². The molecular formula is C11H16BrN3O2S. The second kappa shape index (κ2) is 6.70. The molecule has 2 heterocycles. The van der Waals surface area contributed by atoms with Gasteiger partial charge >= 0.3 is 0 Å². The number of ether oxygens (including phenoxy) is 2. The normalized spacial score (nSPS) is 19.8. The van der Waals surface area contributed by atoms with Gasteiger partial charge in [-0.15, -0.1) is 0 Å². The van der Waals surface area contributed by atoms with E-state index in [1.807, 2.05) is 18.8 Å². The van der Waals surface area contributed by atoms with Crippen molar-refractivity contribution in [1.29, 1.82) is 0 Å². The van der Waals surface area contributed by atoms with E-state index in [9.17, 15) is 0 Å². The van der Waals surface area contributed by atoms with Gasteiger partial charge in [-0.25, -0.2) is 9.97 Å². The van der Waals surface area contributed by atoms with Crippen molar-refractivity contribution in [2.24, 2.45) is 0 Å². The van der Waals surface area contributed by atoms with E-state index in [4.69, 9.17) is 9.47 Å². The van der Waals surface area contributed by atoms with E-state index in [0.717, 1.165) is 39.9 Å². The molecule has 5 nitrogen and oxygen atoms in total. The Balaban J connectivity index is 2.31. The maximum Gasteiger partial charge on any atom is 0.160 e. The minimum atomic E-state index is -0.0282. The van der Waals surface area contributed by atoms with Gasteiger partial charge in [0.1, 0.15) is 11.9 Å². The summed E-state index contributed by atoms with van der Waals surface area (Å²) in [5.74, 6) is 3.43. The lowest BCUT2D eigenvalue weighted by Crippen LogP contribution is -2.19. The van der Waals surface area contributed by atoms with Crippen LogP contribution in [0, 0.1) is 0 Å². The Morgan fingerprint density at radius 2 is 2.39 bits per heavy atom. The number of thioether (sulfide) groups is 1. The zero-order chi connectivity index (χ0) is 13.0. The van der Waals surface area contributed by atoms with Crippen LogP contribution in [0.5, 0.6) is 0 Å². The summed E-state index contributed by atoms with van der Waals surface area (Å²) in [6.07, 6.45) is -0.0282. The van der Waals surface area contributed by atoms with Gasteiger partial charge < -0.3 is 14.8 Å². The Labute approximate surface area is 119 Å². The fourth-order valence-corrected chi connectivity index (χ4v) is 3.02. The Kier molecular flexibility index (Phi) is 5.23. The summed E-state index contributed by atoms with van der Waals surface area (Å²) in [6.45, 7) is 1.20. The molecule has 0 aliphatic carbocycles. The largest absolute Gasteiger partial charge is 0.378 e. The number of halogens is 1. The molecule has 0 saturated carbocycles. The number of nitrogens with one attached hydrogen (secondary N) is 1. The molecule has 2 rings (SSSR count). The summed E-state index contributed by atoms with van der Waals surface area (Å²) in [6, 6.07) is 0. The predicted molar refractivity (Wildman–Crippen MR) is 76.0 cm³/mol. The molecule has 100 valence electrons. The minimum Gasteiger partial charge on any atom is -0.378 e. The molecule has 1 aliphatic rings. The summed E-state index contributed by atoms with van der Waals surface area (Å²) < 4.78 is 11.7. The zero-order valence-corrected chi connectivity index (χ0v) is 12.8. The molecular weight excluding hydrogens is 318 g/mol. The van der Waals surface area contributed by atoms with Crippen LogP contribution in [-0.4, -0.2) is 42.2 Å². The lowest BCUT2D eigenvalue weighted by molar-refractivity contribution is 0.0689. The third-order valence-corrected chi connectivity index (χ3v) is 4.39. The van der Waals surface area contributed by atoms with Gasteiger partial charge in [0.15, 0.2) is 5.82 Å². The topological polar surface area (TPSA) is 56.3 Å². The van der Waals surface area contributed by atoms with Gasteiger partial charge in [-0.3, -0.25) is 0 Å². The second-order valence-electron chi connectivity index (χ2n) is 3.81. The van der Waals surface area contributed by atoms with Crippen molar-refractivity contribution in [3.63, 3.8) is 0 Å². The molecule has 1 N–H and O–H groups in total. The minimum absolute atomic E-state index is 0.0282. The Hall–Kier alpha value is -0.370. The molecule has 1 aromatic heterocycles. The Morgan fingerprint density at radius 1 is 1.56 bits per heavy atom. The van der Waals surface area contributed by atoms with Crippen molar-refractivity contribution in [2.75, 3.05) is 37.6 Å². The average Bonchev–Trinajstić information content (AvgIpc) is 2.42. The molecule has 1 unspecified atom stereocenters. The van der Waals surface area contributed by atoms with Crippen LogP contribution < -0.4 is 5.32 Å². The molecule has 18 heavy (non-hydrogen) atoms. The van der Waals surface area contributed by atoms with Crippen LogP contribution in [0.4, 0.5) is 5.82 Å². The summed E-state index contributed by atoms with van der Waals surface area (Å²) >= 11 is 5.35. The van der Waals surface area contributed by atoms with E-state index in [-0.39, 0.29) is 6.10 Å². The van der Waals surface area contributed by atoms with Crippen LogP contribution in [0.2, 0.25) is 0 Å². The molecule has 7 heteroatoms. The summed E-state index contributed by atoms with van der Waals surface area (Å²) in [5, 5.41) is 3.06. The first-order valence-corrected chi connectivity index (χ1v) is 7.63.